The summed E-state index contributed by atoms with van der Waals surface area (Å²) in [5, 5.41) is 29.2. The highest BCUT2D eigenvalue weighted by Crippen LogP contribution is 2.20. The molecule has 0 radical (unpaired) electrons. The van der Waals surface area contributed by atoms with Gasteiger partial charge in [-0.15, -0.1) is 5.73 Å². The number of hydrogen-bond acceptors (Lipinski definition) is 4. The molecule has 1 aromatic carbocycles. The van der Waals surface area contributed by atoms with Crippen molar-refractivity contribution in [3.63, 3.8) is 0 Å². The molecule has 0 aliphatic rings. The van der Waals surface area contributed by atoms with E-state index in [1.54, 1.807) is 37.5 Å². The van der Waals surface area contributed by atoms with Crippen LogP contribution in [0.25, 0.3) is 0 Å². The zero-order valence-electron chi connectivity index (χ0n) is 13.5. The van der Waals surface area contributed by atoms with Crippen LogP contribution in [0.2, 0.25) is 0 Å². The summed E-state index contributed by atoms with van der Waals surface area (Å²) in [6.45, 7) is 4.34. The fourth-order valence-electron chi connectivity index (χ4n) is 1.97. The van der Waals surface area contributed by atoms with E-state index in [1.807, 2.05) is 13.8 Å². The lowest BCUT2D eigenvalue weighted by Crippen LogP contribution is -2.16. The van der Waals surface area contributed by atoms with Gasteiger partial charge in [-0.2, -0.15) is 0 Å². The number of ether oxygens (including phenoxy) is 1. The maximum Gasteiger partial charge on any atom is 0.115 e. The average Bonchev–Trinajstić information content (AvgIpc) is 2.47. The Hall–Kier alpha value is -1.58. The molecule has 0 aromatic heterocycles. The van der Waals surface area contributed by atoms with Gasteiger partial charge in [0.15, 0.2) is 0 Å². The molecule has 0 unspecified atom stereocenters. The molecule has 0 saturated carbocycles. The van der Waals surface area contributed by atoms with E-state index in [4.69, 9.17) is 4.74 Å². The molecule has 0 bridgehead atoms. The fraction of sp³-hybridized carbons (Fsp3) is 0.500. The third-order valence-electron chi connectivity index (χ3n) is 3.47. The third kappa shape index (κ3) is 6.46. The van der Waals surface area contributed by atoms with E-state index in [1.165, 1.54) is 0 Å². The van der Waals surface area contributed by atoms with Gasteiger partial charge >= 0.3 is 0 Å². The van der Waals surface area contributed by atoms with Crippen molar-refractivity contribution in [2.75, 3.05) is 13.7 Å². The Morgan fingerprint density at radius 1 is 1.23 bits per heavy atom. The lowest BCUT2D eigenvalue weighted by Gasteiger charge is -2.15. The Balaban J connectivity index is 2.69. The van der Waals surface area contributed by atoms with Crippen LogP contribution in [0.5, 0.6) is 5.75 Å². The Labute approximate surface area is 132 Å². The van der Waals surface area contributed by atoms with Crippen LogP contribution >= 0.6 is 0 Å². The van der Waals surface area contributed by atoms with Crippen LogP contribution < -0.4 is 0 Å². The number of aliphatic hydroxyl groups excluding tert-OH is 2. The minimum absolute atomic E-state index is 0.177. The van der Waals surface area contributed by atoms with Crippen molar-refractivity contribution in [1.29, 1.82) is 0 Å². The van der Waals surface area contributed by atoms with Crippen LogP contribution in [0.4, 0.5) is 0 Å². The second-order valence-corrected chi connectivity index (χ2v) is 5.74. The summed E-state index contributed by atoms with van der Waals surface area (Å²) in [7, 11) is 1.61. The SMILES string of the molecule is COCC(=C=CC[C@@H](O)c1ccc(O)cc1)C[C@@H](O)C(C)C. The van der Waals surface area contributed by atoms with Crippen LogP contribution in [-0.4, -0.2) is 35.1 Å². The van der Waals surface area contributed by atoms with Gasteiger partial charge in [-0.05, 0) is 35.3 Å². The molecule has 3 N–H and O–H groups in total. The predicted octanol–water partition coefficient (Wildman–Crippen LogP) is 2.95. The highest BCUT2D eigenvalue weighted by atomic mass is 16.5. The summed E-state index contributed by atoms with van der Waals surface area (Å²) >= 11 is 0. The molecular formula is C18H26O4. The van der Waals surface area contributed by atoms with Crippen LogP contribution in [0.15, 0.2) is 41.6 Å². The van der Waals surface area contributed by atoms with E-state index in [9.17, 15) is 15.3 Å². The van der Waals surface area contributed by atoms with E-state index >= 15 is 0 Å². The Morgan fingerprint density at radius 3 is 2.41 bits per heavy atom. The second kappa shape index (κ2) is 9.44. The Bertz CT molecular complexity index is 498. The molecule has 0 saturated heterocycles. The number of aromatic hydroxyl groups is 1. The molecule has 0 heterocycles. The Morgan fingerprint density at radius 2 is 1.86 bits per heavy atom. The minimum atomic E-state index is -0.646. The first-order valence-corrected chi connectivity index (χ1v) is 7.51. The summed E-state index contributed by atoms with van der Waals surface area (Å²) in [6.07, 6.45) is 1.62. The maximum atomic E-state index is 10.1. The summed E-state index contributed by atoms with van der Waals surface area (Å²) in [6, 6.07) is 6.48. The first-order chi connectivity index (χ1) is 10.4. The molecule has 0 aliphatic carbocycles. The number of phenolic OH excluding ortho intramolecular Hbond substituents is 1. The van der Waals surface area contributed by atoms with Gasteiger partial charge in [0.2, 0.25) is 0 Å². The fourth-order valence-corrected chi connectivity index (χ4v) is 1.97. The van der Waals surface area contributed by atoms with Crippen molar-refractivity contribution in [3.8, 4) is 5.75 Å². The van der Waals surface area contributed by atoms with Crippen molar-refractivity contribution in [3.05, 3.63) is 47.2 Å². The number of benzene rings is 1. The van der Waals surface area contributed by atoms with Gasteiger partial charge in [-0.3, -0.25) is 0 Å². The molecule has 0 aliphatic heterocycles. The standard InChI is InChI=1S/C18H26O4/c1-13(2)18(21)11-14(12-22-3)5-4-6-17(20)15-7-9-16(19)10-8-15/h4,7-10,13,17-21H,6,11-12H2,1-3H3/t5?,17-,18-/m1/s1. The third-order valence-corrected chi connectivity index (χ3v) is 3.47. The quantitative estimate of drug-likeness (QED) is 0.646. The summed E-state index contributed by atoms with van der Waals surface area (Å²) < 4.78 is 5.12. The number of methoxy groups -OCH3 is 1. The zero-order valence-corrected chi connectivity index (χ0v) is 13.5. The van der Waals surface area contributed by atoms with E-state index < -0.39 is 12.2 Å². The number of hydrogen-bond donors (Lipinski definition) is 3. The average molecular weight is 306 g/mol. The van der Waals surface area contributed by atoms with E-state index in [0.29, 0.717) is 19.4 Å². The molecular weight excluding hydrogens is 280 g/mol. The van der Waals surface area contributed by atoms with Crippen LogP contribution in [0.3, 0.4) is 0 Å². The summed E-state index contributed by atoms with van der Waals surface area (Å²) in [4.78, 5) is 0. The van der Waals surface area contributed by atoms with Gasteiger partial charge in [0.05, 0.1) is 18.8 Å². The lowest BCUT2D eigenvalue weighted by atomic mass is 9.99. The molecule has 22 heavy (non-hydrogen) atoms. The smallest absolute Gasteiger partial charge is 0.115 e. The maximum absolute atomic E-state index is 10.1. The molecule has 4 heteroatoms. The van der Waals surface area contributed by atoms with Gasteiger partial charge in [0.25, 0.3) is 0 Å². The molecule has 0 spiro atoms. The molecule has 1 rings (SSSR count). The molecule has 0 fully saturated rings. The Kier molecular flexibility index (Phi) is 7.92. The monoisotopic (exact) mass is 306 g/mol. The zero-order chi connectivity index (χ0) is 16.5. The minimum Gasteiger partial charge on any atom is -0.508 e. The van der Waals surface area contributed by atoms with Crippen molar-refractivity contribution in [2.24, 2.45) is 5.92 Å². The molecule has 1 aromatic rings. The van der Waals surface area contributed by atoms with Crippen LogP contribution in [0, 0.1) is 5.92 Å². The highest BCUT2D eigenvalue weighted by Gasteiger charge is 2.11. The molecule has 122 valence electrons. The van der Waals surface area contributed by atoms with Gasteiger partial charge in [-0.1, -0.05) is 26.0 Å². The predicted molar refractivity (Wildman–Crippen MR) is 86.6 cm³/mol. The normalized spacial score (nSPS) is 13.5. The first kappa shape index (κ1) is 18.5. The highest BCUT2D eigenvalue weighted by molar-refractivity contribution is 5.27. The topological polar surface area (TPSA) is 69.9 Å². The van der Waals surface area contributed by atoms with Gasteiger partial charge in [-0.25, -0.2) is 0 Å². The van der Waals surface area contributed by atoms with Crippen molar-refractivity contribution < 1.29 is 20.1 Å². The van der Waals surface area contributed by atoms with E-state index in [-0.39, 0.29) is 11.7 Å². The van der Waals surface area contributed by atoms with Crippen molar-refractivity contribution >= 4 is 0 Å². The first-order valence-electron chi connectivity index (χ1n) is 7.51. The van der Waals surface area contributed by atoms with Crippen molar-refractivity contribution in [1.82, 2.24) is 0 Å². The van der Waals surface area contributed by atoms with E-state index in [2.05, 4.69) is 5.73 Å². The summed E-state index contributed by atoms with van der Waals surface area (Å²) in [5.41, 5.74) is 4.73. The molecule has 4 nitrogen and oxygen atoms in total. The number of rotatable bonds is 8. The van der Waals surface area contributed by atoms with E-state index in [0.717, 1.165) is 11.1 Å². The molecule has 0 amide bonds. The summed E-state index contributed by atoms with van der Waals surface area (Å²) in [5.74, 6) is 0.354. The largest absolute Gasteiger partial charge is 0.508 e. The number of phenols is 1. The second-order valence-electron chi connectivity index (χ2n) is 5.74. The van der Waals surface area contributed by atoms with Gasteiger partial charge in [0, 0.05) is 20.0 Å². The van der Waals surface area contributed by atoms with Crippen molar-refractivity contribution in [2.45, 2.75) is 38.9 Å². The lowest BCUT2D eigenvalue weighted by molar-refractivity contribution is 0.119. The number of aliphatic hydroxyl groups is 2. The molecule has 2 atom stereocenters. The van der Waals surface area contributed by atoms with Crippen LogP contribution in [-0.2, 0) is 4.74 Å². The van der Waals surface area contributed by atoms with Gasteiger partial charge in [0.1, 0.15) is 5.75 Å². The van der Waals surface area contributed by atoms with Gasteiger partial charge < -0.3 is 20.1 Å². The van der Waals surface area contributed by atoms with Crippen LogP contribution in [0.1, 0.15) is 38.4 Å².